The number of nitrogens with zero attached hydrogens (tertiary/aromatic N) is 4. The zero-order valence-corrected chi connectivity index (χ0v) is 19.7. The van der Waals surface area contributed by atoms with Gasteiger partial charge in [0.1, 0.15) is 5.75 Å². The van der Waals surface area contributed by atoms with Crippen LogP contribution in [0.3, 0.4) is 0 Å². The molecule has 2 amide bonds. The topological polar surface area (TPSA) is 140 Å². The van der Waals surface area contributed by atoms with E-state index in [1.807, 2.05) is 24.3 Å². The maximum Gasteiger partial charge on any atom is 0.290 e. The molecule has 0 fully saturated rings. The summed E-state index contributed by atoms with van der Waals surface area (Å²) in [6.07, 6.45) is 0. The average Bonchev–Trinajstić information content (AvgIpc) is 3.30. The van der Waals surface area contributed by atoms with Crippen molar-refractivity contribution in [2.24, 2.45) is 7.05 Å². The lowest BCUT2D eigenvalue weighted by molar-refractivity contribution is -0.119. The van der Waals surface area contributed by atoms with Gasteiger partial charge in [0.15, 0.2) is 10.0 Å². The number of hydrazine groups is 1. The molecule has 0 radical (unpaired) electrons. The molecule has 0 spiro atoms. The number of aromatic nitrogens is 4. The summed E-state index contributed by atoms with van der Waals surface area (Å²) in [6, 6.07) is 14.0. The molecule has 174 valence electrons. The Hall–Kier alpha value is -3.97. The molecule has 0 atom stereocenters. The van der Waals surface area contributed by atoms with Gasteiger partial charge in [0.2, 0.25) is 11.0 Å². The van der Waals surface area contributed by atoms with Crippen LogP contribution in [0.5, 0.6) is 5.75 Å². The molecule has 2 aromatic carbocycles. The van der Waals surface area contributed by atoms with Crippen LogP contribution in [0.2, 0.25) is 0 Å². The lowest BCUT2D eigenvalue weighted by Gasteiger charge is -2.09. The van der Waals surface area contributed by atoms with Gasteiger partial charge < -0.3 is 10.1 Å². The number of hydrogen-bond acceptors (Lipinski definition) is 10. The smallest absolute Gasteiger partial charge is 0.290 e. The molecule has 0 saturated heterocycles. The first-order valence-corrected chi connectivity index (χ1v) is 11.7. The van der Waals surface area contributed by atoms with Crippen LogP contribution >= 0.6 is 23.1 Å². The van der Waals surface area contributed by atoms with Gasteiger partial charge >= 0.3 is 0 Å². The Morgan fingerprint density at radius 2 is 1.88 bits per heavy atom. The van der Waals surface area contributed by atoms with Crippen molar-refractivity contribution in [3.05, 3.63) is 64.6 Å². The first-order chi connectivity index (χ1) is 16.4. The van der Waals surface area contributed by atoms with Gasteiger partial charge in [-0.05, 0) is 18.2 Å². The fraction of sp³-hybridized carbons (Fsp3) is 0.143. The maximum absolute atomic E-state index is 12.6. The summed E-state index contributed by atoms with van der Waals surface area (Å²) in [7, 11) is 3.05. The van der Waals surface area contributed by atoms with E-state index in [0.29, 0.717) is 26.0 Å². The van der Waals surface area contributed by atoms with Gasteiger partial charge in [0.25, 0.3) is 11.5 Å². The Morgan fingerprint density at radius 1 is 1.09 bits per heavy atom. The van der Waals surface area contributed by atoms with Crippen molar-refractivity contribution in [2.75, 3.05) is 18.2 Å². The Bertz CT molecular complexity index is 1420. The van der Waals surface area contributed by atoms with Gasteiger partial charge in [0.05, 0.1) is 18.2 Å². The first kappa shape index (κ1) is 23.2. The van der Waals surface area contributed by atoms with E-state index in [1.165, 1.54) is 30.1 Å². The molecule has 13 heteroatoms. The van der Waals surface area contributed by atoms with E-state index in [4.69, 9.17) is 4.74 Å². The highest BCUT2D eigenvalue weighted by Gasteiger charge is 2.16. The van der Waals surface area contributed by atoms with Crippen LogP contribution in [0.4, 0.5) is 10.8 Å². The second-order valence-electron chi connectivity index (χ2n) is 6.84. The number of amides is 2. The van der Waals surface area contributed by atoms with Crippen molar-refractivity contribution in [3.63, 3.8) is 0 Å². The summed E-state index contributed by atoms with van der Waals surface area (Å²) in [5.74, 6) is -0.352. The number of methoxy groups -OCH3 is 1. The molecule has 0 saturated carbocycles. The van der Waals surface area contributed by atoms with Crippen LogP contribution in [0.1, 0.15) is 10.5 Å². The second kappa shape index (κ2) is 10.3. The van der Waals surface area contributed by atoms with Crippen LogP contribution in [0.15, 0.2) is 57.7 Å². The summed E-state index contributed by atoms with van der Waals surface area (Å²) in [4.78, 5) is 37.0. The van der Waals surface area contributed by atoms with Crippen molar-refractivity contribution in [1.29, 1.82) is 0 Å². The largest absolute Gasteiger partial charge is 0.497 e. The Balaban J connectivity index is 1.31. The molecule has 0 aliphatic rings. The van der Waals surface area contributed by atoms with E-state index in [1.54, 1.807) is 31.4 Å². The molecular formula is C21H19N7O4S2. The fourth-order valence-corrected chi connectivity index (χ4v) is 4.53. The summed E-state index contributed by atoms with van der Waals surface area (Å²) >= 11 is 2.47. The molecule has 3 N–H and O–H groups in total. The van der Waals surface area contributed by atoms with Crippen LogP contribution in [0.25, 0.3) is 10.8 Å². The number of fused-ring (bicyclic) bond motifs is 1. The third-order valence-corrected chi connectivity index (χ3v) is 6.51. The number of carbonyl (C=O) groups excluding carboxylic acids is 2. The van der Waals surface area contributed by atoms with Gasteiger partial charge in [-0.1, -0.05) is 47.4 Å². The summed E-state index contributed by atoms with van der Waals surface area (Å²) < 4.78 is 6.86. The van der Waals surface area contributed by atoms with Gasteiger partial charge in [0, 0.05) is 24.2 Å². The van der Waals surface area contributed by atoms with Crippen molar-refractivity contribution < 1.29 is 14.3 Å². The standard InChI is InChI=1S/C21H19N7O4S2/c1-28-19(31)15-9-4-3-8-14(15)17(27-28)18(30)24-23-16(29)11-33-21-26-25-20(34-21)22-12-6-5-7-13(10-12)32-2/h3-10H,11H2,1-2H3,(H,22,25)(H,23,29)(H,24,30). The number of anilines is 2. The monoisotopic (exact) mass is 497 g/mol. The number of ether oxygens (including phenoxy) is 1. The third kappa shape index (κ3) is 5.32. The number of hydrogen-bond donors (Lipinski definition) is 3. The molecule has 2 aromatic heterocycles. The van der Waals surface area contributed by atoms with Gasteiger partial charge in [-0.15, -0.1) is 10.2 Å². The van der Waals surface area contributed by atoms with Gasteiger partial charge in [-0.3, -0.25) is 25.2 Å². The van der Waals surface area contributed by atoms with E-state index in [9.17, 15) is 14.4 Å². The Labute approximate surface area is 201 Å². The Morgan fingerprint density at radius 3 is 2.68 bits per heavy atom. The molecule has 4 rings (SSSR count). The molecule has 0 aliphatic carbocycles. The normalized spacial score (nSPS) is 10.6. The zero-order chi connectivity index (χ0) is 24.1. The van der Waals surface area contributed by atoms with Crippen LogP contribution in [-0.2, 0) is 11.8 Å². The first-order valence-electron chi connectivity index (χ1n) is 9.87. The minimum absolute atomic E-state index is 0.00945. The van der Waals surface area contributed by atoms with Gasteiger partial charge in [-0.25, -0.2) is 4.68 Å². The third-order valence-electron chi connectivity index (χ3n) is 4.54. The highest BCUT2D eigenvalue weighted by Crippen LogP contribution is 2.28. The minimum atomic E-state index is -0.633. The molecule has 2 heterocycles. The average molecular weight is 498 g/mol. The number of carbonyl (C=O) groups is 2. The van der Waals surface area contributed by atoms with E-state index >= 15 is 0 Å². The van der Waals surface area contributed by atoms with Crippen molar-refractivity contribution in [3.8, 4) is 5.75 Å². The highest BCUT2D eigenvalue weighted by atomic mass is 32.2. The summed E-state index contributed by atoms with van der Waals surface area (Å²) in [5, 5.41) is 16.6. The van der Waals surface area contributed by atoms with Gasteiger partial charge in [-0.2, -0.15) is 5.10 Å². The fourth-order valence-electron chi connectivity index (χ4n) is 2.96. The molecule has 11 nitrogen and oxygen atoms in total. The number of thioether (sulfide) groups is 1. The predicted octanol–water partition coefficient (Wildman–Crippen LogP) is 2.09. The molecule has 4 aromatic rings. The number of nitrogens with one attached hydrogen (secondary N) is 3. The number of benzene rings is 2. The highest BCUT2D eigenvalue weighted by molar-refractivity contribution is 8.01. The van der Waals surface area contributed by atoms with E-state index in [-0.39, 0.29) is 17.0 Å². The van der Waals surface area contributed by atoms with E-state index in [2.05, 4.69) is 31.5 Å². The number of rotatable bonds is 7. The predicted molar refractivity (Wildman–Crippen MR) is 130 cm³/mol. The summed E-state index contributed by atoms with van der Waals surface area (Å²) in [5.41, 5.74) is 5.20. The van der Waals surface area contributed by atoms with Crippen molar-refractivity contribution in [1.82, 2.24) is 30.8 Å². The second-order valence-corrected chi connectivity index (χ2v) is 9.04. The van der Waals surface area contributed by atoms with Crippen LogP contribution in [-0.4, -0.2) is 44.7 Å². The maximum atomic E-state index is 12.6. The van der Waals surface area contributed by atoms with Crippen molar-refractivity contribution in [2.45, 2.75) is 4.34 Å². The van der Waals surface area contributed by atoms with Crippen LogP contribution in [0, 0.1) is 0 Å². The van der Waals surface area contributed by atoms with E-state index in [0.717, 1.165) is 10.4 Å². The lowest BCUT2D eigenvalue weighted by atomic mass is 10.1. The molecule has 34 heavy (non-hydrogen) atoms. The van der Waals surface area contributed by atoms with Crippen molar-refractivity contribution >= 4 is 56.5 Å². The number of aryl methyl sites for hydroxylation is 1. The van der Waals surface area contributed by atoms with Crippen LogP contribution < -0.4 is 26.5 Å². The molecule has 0 unspecified atom stereocenters. The Kier molecular flexibility index (Phi) is 7.04. The lowest BCUT2D eigenvalue weighted by Crippen LogP contribution is -2.43. The molecular weight excluding hydrogens is 478 g/mol. The minimum Gasteiger partial charge on any atom is -0.497 e. The summed E-state index contributed by atoms with van der Waals surface area (Å²) in [6.45, 7) is 0. The molecule has 0 aliphatic heterocycles. The quantitative estimate of drug-likeness (QED) is 0.259. The van der Waals surface area contributed by atoms with E-state index < -0.39 is 11.8 Å². The SMILES string of the molecule is COc1cccc(Nc2nnc(SCC(=O)NNC(=O)c3nn(C)c(=O)c4ccccc34)s2)c1. The zero-order valence-electron chi connectivity index (χ0n) is 18.1. The molecule has 0 bridgehead atoms.